The van der Waals surface area contributed by atoms with Gasteiger partial charge in [0.05, 0.1) is 5.69 Å². The van der Waals surface area contributed by atoms with Gasteiger partial charge in [-0.2, -0.15) is 0 Å². The molecule has 0 saturated carbocycles. The first kappa shape index (κ1) is 31.6. The minimum absolute atomic E-state index is 0.863. The first-order chi connectivity index (χ1) is 27.2. The van der Waals surface area contributed by atoms with Crippen LogP contribution >= 0.6 is 11.3 Å². The molecule has 0 atom stereocenters. The number of rotatable bonds is 6. The molecule has 55 heavy (non-hydrogen) atoms. The highest BCUT2D eigenvalue weighted by Gasteiger charge is 2.21. The average Bonchev–Trinajstić information content (AvgIpc) is 3.82. The minimum Gasteiger partial charge on any atom is -0.456 e. The number of nitrogens with zero attached hydrogens (tertiary/aromatic N) is 1. The molecular weight excluding hydrogens is 687 g/mol. The predicted octanol–water partition coefficient (Wildman–Crippen LogP) is 15.6. The lowest BCUT2D eigenvalue weighted by atomic mass is 9.95. The number of fused-ring (bicyclic) bond motifs is 7. The van der Waals surface area contributed by atoms with E-state index < -0.39 is 0 Å². The highest BCUT2D eigenvalue weighted by atomic mass is 32.1. The topological polar surface area (TPSA) is 16.4 Å². The van der Waals surface area contributed by atoms with Crippen molar-refractivity contribution < 1.29 is 4.42 Å². The molecule has 3 heteroatoms. The highest BCUT2D eigenvalue weighted by molar-refractivity contribution is 7.26. The summed E-state index contributed by atoms with van der Waals surface area (Å²) in [6.45, 7) is 0. The summed E-state index contributed by atoms with van der Waals surface area (Å²) in [5.41, 5.74) is 12.0. The number of anilines is 3. The Morgan fingerprint density at radius 2 is 1.05 bits per heavy atom. The standard InChI is InChI=1S/C52H33NOS/c1-2-13-35(14-3-1)42-28-26-38(37-25-24-34-12-4-5-15-36(34)30-37)32-48(42)53(41-27-29-45-44-18-6-8-22-49(44)54-50(45)33-41)40-17-10-16-39(31-40)43-20-11-21-47-46-19-7-9-23-51(46)55-52(43)47/h1-33H. The Labute approximate surface area is 322 Å². The quantitative estimate of drug-likeness (QED) is 0.170. The lowest BCUT2D eigenvalue weighted by Gasteiger charge is -2.29. The molecule has 0 N–H and O–H groups in total. The van der Waals surface area contributed by atoms with Gasteiger partial charge < -0.3 is 9.32 Å². The molecule has 0 aliphatic rings. The normalized spacial score (nSPS) is 11.6. The Balaban J connectivity index is 1.16. The Hall–Kier alpha value is -6.94. The van der Waals surface area contributed by atoms with Crippen LogP contribution in [0.1, 0.15) is 0 Å². The predicted molar refractivity (Wildman–Crippen MR) is 235 cm³/mol. The molecule has 0 saturated heterocycles. The van der Waals surface area contributed by atoms with E-state index >= 15 is 0 Å². The minimum atomic E-state index is 0.863. The molecule has 11 aromatic rings. The molecule has 2 heterocycles. The fourth-order valence-corrected chi connectivity index (χ4v) is 9.43. The van der Waals surface area contributed by atoms with Crippen molar-refractivity contribution in [2.75, 3.05) is 4.90 Å². The summed E-state index contributed by atoms with van der Waals surface area (Å²) in [5.74, 6) is 0. The summed E-state index contributed by atoms with van der Waals surface area (Å²) in [4.78, 5) is 2.41. The smallest absolute Gasteiger partial charge is 0.137 e. The molecule has 11 rings (SSSR count). The third-order valence-corrected chi connectivity index (χ3v) is 12.1. The Morgan fingerprint density at radius 3 is 1.98 bits per heavy atom. The molecule has 2 aromatic heterocycles. The van der Waals surface area contributed by atoms with Crippen LogP contribution in [0.5, 0.6) is 0 Å². The van der Waals surface area contributed by atoms with Crippen molar-refractivity contribution >= 4 is 81.3 Å². The van der Waals surface area contributed by atoms with Crippen LogP contribution in [0.2, 0.25) is 0 Å². The molecule has 9 aromatic carbocycles. The molecule has 0 aliphatic carbocycles. The molecule has 0 fully saturated rings. The van der Waals surface area contributed by atoms with Crippen LogP contribution < -0.4 is 4.90 Å². The van der Waals surface area contributed by atoms with Gasteiger partial charge in [-0.15, -0.1) is 11.3 Å². The maximum absolute atomic E-state index is 6.51. The van der Waals surface area contributed by atoms with Crippen LogP contribution in [-0.2, 0) is 0 Å². The number of benzene rings is 9. The second-order valence-electron chi connectivity index (χ2n) is 14.1. The van der Waals surface area contributed by atoms with E-state index in [1.54, 1.807) is 0 Å². The van der Waals surface area contributed by atoms with E-state index in [2.05, 4.69) is 193 Å². The van der Waals surface area contributed by atoms with Gasteiger partial charge >= 0.3 is 0 Å². The Morgan fingerprint density at radius 1 is 0.364 bits per heavy atom. The van der Waals surface area contributed by atoms with Gasteiger partial charge in [-0.25, -0.2) is 0 Å². The summed E-state index contributed by atoms with van der Waals surface area (Å²) >= 11 is 1.87. The molecule has 0 radical (unpaired) electrons. The van der Waals surface area contributed by atoms with Gasteiger partial charge in [0, 0.05) is 53.9 Å². The van der Waals surface area contributed by atoms with Crippen LogP contribution in [-0.4, -0.2) is 0 Å². The summed E-state index contributed by atoms with van der Waals surface area (Å²) in [5, 5.41) is 7.29. The molecule has 0 spiro atoms. The summed E-state index contributed by atoms with van der Waals surface area (Å²) < 4.78 is 9.12. The first-order valence-corrected chi connectivity index (χ1v) is 19.5. The van der Waals surface area contributed by atoms with Crippen LogP contribution in [0.25, 0.3) is 86.3 Å². The van der Waals surface area contributed by atoms with E-state index in [9.17, 15) is 0 Å². The van der Waals surface area contributed by atoms with Crippen molar-refractivity contribution in [3.05, 3.63) is 200 Å². The molecular formula is C52H33NOS. The lowest BCUT2D eigenvalue weighted by Crippen LogP contribution is -2.11. The van der Waals surface area contributed by atoms with Crippen molar-refractivity contribution in [1.29, 1.82) is 0 Å². The SMILES string of the molecule is c1ccc(-c2ccc(-c3ccc4ccccc4c3)cc2N(c2cccc(-c3cccc4c3sc3ccccc34)c2)c2ccc3c(c2)oc2ccccc23)cc1. The number of hydrogen-bond donors (Lipinski definition) is 0. The van der Waals surface area contributed by atoms with Crippen molar-refractivity contribution in [3.63, 3.8) is 0 Å². The van der Waals surface area contributed by atoms with Crippen molar-refractivity contribution in [1.82, 2.24) is 0 Å². The second kappa shape index (κ2) is 12.9. The molecule has 0 unspecified atom stereocenters. The van der Waals surface area contributed by atoms with Crippen LogP contribution in [0, 0.1) is 0 Å². The van der Waals surface area contributed by atoms with Crippen molar-refractivity contribution in [2.45, 2.75) is 0 Å². The van der Waals surface area contributed by atoms with Gasteiger partial charge in [0.25, 0.3) is 0 Å². The Bertz CT molecular complexity index is 3230. The third-order valence-electron chi connectivity index (χ3n) is 10.8. The van der Waals surface area contributed by atoms with Crippen LogP contribution in [0.4, 0.5) is 17.1 Å². The summed E-state index contributed by atoms with van der Waals surface area (Å²) in [6.07, 6.45) is 0. The van der Waals surface area contributed by atoms with E-state index in [4.69, 9.17) is 4.42 Å². The van der Waals surface area contributed by atoms with Gasteiger partial charge in [-0.1, -0.05) is 146 Å². The fraction of sp³-hybridized carbons (Fsp3) is 0. The maximum atomic E-state index is 6.51. The van der Waals surface area contributed by atoms with Gasteiger partial charge in [0.1, 0.15) is 11.2 Å². The molecule has 258 valence electrons. The molecule has 0 bridgehead atoms. The molecule has 2 nitrogen and oxygen atoms in total. The number of thiophene rings is 1. The van der Waals surface area contributed by atoms with E-state index in [1.165, 1.54) is 47.6 Å². The van der Waals surface area contributed by atoms with Crippen molar-refractivity contribution in [3.8, 4) is 33.4 Å². The maximum Gasteiger partial charge on any atom is 0.137 e. The van der Waals surface area contributed by atoms with Crippen LogP contribution in [0.15, 0.2) is 205 Å². The van der Waals surface area contributed by atoms with E-state index in [-0.39, 0.29) is 0 Å². The van der Waals surface area contributed by atoms with Crippen molar-refractivity contribution in [2.24, 2.45) is 0 Å². The van der Waals surface area contributed by atoms with Gasteiger partial charge in [-0.3, -0.25) is 0 Å². The van der Waals surface area contributed by atoms with Gasteiger partial charge in [-0.05, 0) is 87.1 Å². The first-order valence-electron chi connectivity index (χ1n) is 18.7. The zero-order valence-electron chi connectivity index (χ0n) is 29.8. The monoisotopic (exact) mass is 719 g/mol. The number of hydrogen-bond acceptors (Lipinski definition) is 3. The average molecular weight is 720 g/mol. The number of furan rings is 1. The zero-order valence-corrected chi connectivity index (χ0v) is 30.6. The second-order valence-corrected chi connectivity index (χ2v) is 15.2. The molecule has 0 amide bonds. The van der Waals surface area contributed by atoms with E-state index in [0.29, 0.717) is 0 Å². The van der Waals surface area contributed by atoms with E-state index in [1.807, 2.05) is 23.5 Å². The van der Waals surface area contributed by atoms with Gasteiger partial charge in [0.15, 0.2) is 0 Å². The van der Waals surface area contributed by atoms with Crippen LogP contribution in [0.3, 0.4) is 0 Å². The summed E-state index contributed by atoms with van der Waals surface area (Å²) in [7, 11) is 0. The third kappa shape index (κ3) is 5.40. The fourth-order valence-electron chi connectivity index (χ4n) is 8.19. The lowest BCUT2D eigenvalue weighted by molar-refractivity contribution is 0.669. The number of para-hydroxylation sites is 1. The zero-order chi connectivity index (χ0) is 36.3. The largest absolute Gasteiger partial charge is 0.456 e. The van der Waals surface area contributed by atoms with Gasteiger partial charge in [0.2, 0.25) is 0 Å². The summed E-state index contributed by atoms with van der Waals surface area (Å²) in [6, 6.07) is 72.3. The highest BCUT2D eigenvalue weighted by Crippen LogP contribution is 2.46. The van der Waals surface area contributed by atoms with E-state index in [0.717, 1.165) is 55.7 Å². The Kier molecular flexibility index (Phi) is 7.39. The molecule has 0 aliphatic heterocycles.